The molecule has 3 rings (SSSR count). The van der Waals surface area contributed by atoms with Gasteiger partial charge in [-0.05, 0) is 53.7 Å². The maximum atomic E-state index is 4.79. The molecule has 1 aliphatic carbocycles. The number of fused-ring (bicyclic) bond motifs is 3. The molecule has 3 heteroatoms. The van der Waals surface area contributed by atoms with E-state index in [0.717, 1.165) is 10.1 Å². The van der Waals surface area contributed by atoms with Crippen molar-refractivity contribution in [3.05, 3.63) is 34.2 Å². The average molecular weight is 279 g/mol. The molecule has 16 heavy (non-hydrogen) atoms. The van der Waals surface area contributed by atoms with E-state index >= 15 is 0 Å². The van der Waals surface area contributed by atoms with Gasteiger partial charge in [0.2, 0.25) is 0 Å². The Morgan fingerprint density at radius 1 is 1.50 bits per heavy atom. The fourth-order valence-electron chi connectivity index (χ4n) is 2.71. The van der Waals surface area contributed by atoms with Gasteiger partial charge in [-0.1, -0.05) is 6.92 Å². The second-order valence-electron chi connectivity index (χ2n) is 4.52. The lowest BCUT2D eigenvalue weighted by atomic mass is 9.88. The third-order valence-electron chi connectivity index (χ3n) is 3.56. The van der Waals surface area contributed by atoms with Crippen molar-refractivity contribution >= 4 is 21.6 Å². The summed E-state index contributed by atoms with van der Waals surface area (Å²) in [5.41, 5.74) is 3.86. The topological polar surface area (TPSA) is 17.3 Å². The Kier molecular flexibility index (Phi) is 2.51. The van der Waals surface area contributed by atoms with Crippen molar-refractivity contribution in [1.29, 1.82) is 0 Å². The zero-order valence-corrected chi connectivity index (χ0v) is 11.0. The smallest absolute Gasteiger partial charge is 0.137 e. The summed E-state index contributed by atoms with van der Waals surface area (Å²) in [5, 5.41) is 0. The van der Waals surface area contributed by atoms with Crippen LogP contribution in [-0.4, -0.2) is 9.38 Å². The van der Waals surface area contributed by atoms with Crippen LogP contribution in [0.2, 0.25) is 0 Å². The summed E-state index contributed by atoms with van der Waals surface area (Å²) >= 11 is 3.53. The molecular weight excluding hydrogens is 264 g/mol. The van der Waals surface area contributed by atoms with E-state index in [-0.39, 0.29) is 0 Å². The molecule has 0 bridgehead atoms. The van der Waals surface area contributed by atoms with Crippen LogP contribution in [0.25, 0.3) is 5.65 Å². The van der Waals surface area contributed by atoms with Gasteiger partial charge in [0.15, 0.2) is 0 Å². The van der Waals surface area contributed by atoms with E-state index in [1.807, 2.05) is 0 Å². The summed E-state index contributed by atoms with van der Waals surface area (Å²) in [4.78, 5) is 4.79. The highest BCUT2D eigenvalue weighted by Crippen LogP contribution is 2.34. The Labute approximate surface area is 104 Å². The van der Waals surface area contributed by atoms with Crippen LogP contribution in [0.1, 0.15) is 43.5 Å². The number of hydrogen-bond acceptors (Lipinski definition) is 1. The largest absolute Gasteiger partial charge is 0.303 e. The van der Waals surface area contributed by atoms with Gasteiger partial charge in [0.25, 0.3) is 0 Å². The van der Waals surface area contributed by atoms with E-state index in [2.05, 4.69) is 45.6 Å². The molecule has 84 valence electrons. The minimum atomic E-state index is 0.669. The molecule has 2 aromatic rings. The summed E-state index contributed by atoms with van der Waals surface area (Å²) in [6, 6.07) is 4.16. The van der Waals surface area contributed by atoms with Crippen LogP contribution in [0.3, 0.4) is 0 Å². The number of aryl methyl sites for hydroxylation is 1. The highest BCUT2D eigenvalue weighted by molar-refractivity contribution is 9.10. The first-order valence-corrected chi connectivity index (χ1v) is 6.75. The number of hydrogen-bond donors (Lipinski definition) is 0. The van der Waals surface area contributed by atoms with Crippen LogP contribution in [0.5, 0.6) is 0 Å². The van der Waals surface area contributed by atoms with Crippen LogP contribution in [0, 0.1) is 0 Å². The van der Waals surface area contributed by atoms with Crippen molar-refractivity contribution < 1.29 is 0 Å². The molecule has 0 saturated heterocycles. The number of imidazole rings is 1. The van der Waals surface area contributed by atoms with Crippen molar-refractivity contribution in [2.45, 2.75) is 38.5 Å². The van der Waals surface area contributed by atoms with Crippen molar-refractivity contribution in [2.24, 2.45) is 0 Å². The Morgan fingerprint density at radius 2 is 2.38 bits per heavy atom. The molecule has 2 heterocycles. The van der Waals surface area contributed by atoms with E-state index in [1.54, 1.807) is 0 Å². The molecule has 0 amide bonds. The van der Waals surface area contributed by atoms with E-state index < -0.39 is 0 Å². The van der Waals surface area contributed by atoms with Gasteiger partial charge < -0.3 is 4.40 Å². The van der Waals surface area contributed by atoms with Crippen molar-refractivity contribution in [3.63, 3.8) is 0 Å². The van der Waals surface area contributed by atoms with Gasteiger partial charge in [0.1, 0.15) is 5.65 Å². The molecule has 2 aromatic heterocycles. The molecule has 0 N–H and O–H groups in total. The van der Waals surface area contributed by atoms with Gasteiger partial charge in [-0.2, -0.15) is 0 Å². The Balaban J connectivity index is 2.24. The number of rotatable bonds is 1. The molecule has 0 spiro atoms. The van der Waals surface area contributed by atoms with Crippen molar-refractivity contribution in [1.82, 2.24) is 9.38 Å². The van der Waals surface area contributed by atoms with E-state index in [1.165, 1.54) is 37.1 Å². The zero-order valence-electron chi connectivity index (χ0n) is 9.41. The van der Waals surface area contributed by atoms with Crippen LogP contribution in [0.4, 0.5) is 0 Å². The van der Waals surface area contributed by atoms with Crippen LogP contribution >= 0.6 is 15.9 Å². The van der Waals surface area contributed by atoms with Crippen LogP contribution in [-0.2, 0) is 6.42 Å². The molecule has 1 aliphatic rings. The van der Waals surface area contributed by atoms with E-state index in [4.69, 9.17) is 4.98 Å². The average Bonchev–Trinajstić information content (AvgIpc) is 2.67. The molecule has 0 aromatic carbocycles. The third-order valence-corrected chi connectivity index (χ3v) is 4.03. The summed E-state index contributed by atoms with van der Waals surface area (Å²) in [5.74, 6) is 0.669. The Hall–Kier alpha value is -0.830. The number of aromatic nitrogens is 2. The number of halogens is 1. The lowest BCUT2D eigenvalue weighted by molar-refractivity contribution is 0.523. The lowest BCUT2D eigenvalue weighted by Gasteiger charge is -2.19. The second-order valence-corrected chi connectivity index (χ2v) is 5.43. The van der Waals surface area contributed by atoms with Gasteiger partial charge >= 0.3 is 0 Å². The quantitative estimate of drug-likeness (QED) is 0.773. The van der Waals surface area contributed by atoms with Gasteiger partial charge in [-0.25, -0.2) is 4.98 Å². The second kappa shape index (κ2) is 3.88. The Bertz CT molecular complexity index is 530. The monoisotopic (exact) mass is 278 g/mol. The predicted molar refractivity (Wildman–Crippen MR) is 68.9 cm³/mol. The fraction of sp³-hybridized carbons (Fsp3) is 0.462. The first-order chi connectivity index (χ1) is 7.79. The van der Waals surface area contributed by atoms with Crippen molar-refractivity contribution in [2.75, 3.05) is 0 Å². The standard InChI is InChI=1S/C13H15BrN2/c1-2-9-4-3-5-11-13(9)15-12-7-6-10(14)8-16(11)12/h6-9H,2-5H2,1H3. The molecule has 1 unspecified atom stereocenters. The van der Waals surface area contributed by atoms with Gasteiger partial charge in [0, 0.05) is 22.3 Å². The zero-order chi connectivity index (χ0) is 11.1. The lowest BCUT2D eigenvalue weighted by Crippen LogP contribution is -2.09. The minimum absolute atomic E-state index is 0.669. The van der Waals surface area contributed by atoms with E-state index in [9.17, 15) is 0 Å². The summed E-state index contributed by atoms with van der Waals surface area (Å²) < 4.78 is 3.38. The van der Waals surface area contributed by atoms with Gasteiger partial charge in [-0.15, -0.1) is 0 Å². The summed E-state index contributed by atoms with van der Waals surface area (Å²) in [6.07, 6.45) is 7.11. The molecule has 0 radical (unpaired) electrons. The van der Waals surface area contributed by atoms with Crippen LogP contribution < -0.4 is 0 Å². The first-order valence-electron chi connectivity index (χ1n) is 5.96. The first kappa shape index (κ1) is 10.3. The molecular formula is C13H15BrN2. The normalized spacial score (nSPS) is 20.0. The minimum Gasteiger partial charge on any atom is -0.303 e. The van der Waals surface area contributed by atoms with E-state index in [0.29, 0.717) is 5.92 Å². The summed E-state index contributed by atoms with van der Waals surface area (Å²) in [6.45, 7) is 2.26. The maximum Gasteiger partial charge on any atom is 0.137 e. The third kappa shape index (κ3) is 1.49. The highest BCUT2D eigenvalue weighted by atomic mass is 79.9. The molecule has 0 aliphatic heterocycles. The number of nitrogens with zero attached hydrogens (tertiary/aromatic N) is 2. The van der Waals surface area contributed by atoms with Gasteiger partial charge in [-0.3, -0.25) is 0 Å². The number of pyridine rings is 1. The fourth-order valence-corrected chi connectivity index (χ4v) is 3.05. The SMILES string of the molecule is CCC1CCCc2c1nc1ccc(Br)cn21. The predicted octanol–water partition coefficient (Wildman–Crippen LogP) is 3.93. The van der Waals surface area contributed by atoms with Crippen molar-refractivity contribution in [3.8, 4) is 0 Å². The molecule has 0 fully saturated rings. The molecule has 1 atom stereocenters. The summed E-state index contributed by atoms with van der Waals surface area (Å²) in [7, 11) is 0. The maximum absolute atomic E-state index is 4.79. The molecule has 0 saturated carbocycles. The van der Waals surface area contributed by atoms with Gasteiger partial charge in [0.05, 0.1) is 5.69 Å². The molecule has 2 nitrogen and oxygen atoms in total. The Morgan fingerprint density at radius 3 is 3.19 bits per heavy atom. The highest BCUT2D eigenvalue weighted by Gasteiger charge is 2.23. The van der Waals surface area contributed by atoms with Crippen LogP contribution in [0.15, 0.2) is 22.8 Å².